The molecular formula is C23H34N4O3. The average Bonchev–Trinajstić information content (AvgIpc) is 3.02. The van der Waals surface area contributed by atoms with Gasteiger partial charge in [0.05, 0.1) is 12.8 Å². The highest BCUT2D eigenvalue weighted by molar-refractivity contribution is 5.43. The quantitative estimate of drug-likeness (QED) is 0.641. The summed E-state index contributed by atoms with van der Waals surface area (Å²) in [5.74, 6) is 1.35. The lowest BCUT2D eigenvalue weighted by Gasteiger charge is -2.23. The van der Waals surface area contributed by atoms with Gasteiger partial charge in [-0.15, -0.1) is 0 Å². The van der Waals surface area contributed by atoms with Crippen molar-refractivity contribution in [2.45, 2.75) is 44.9 Å². The van der Waals surface area contributed by atoms with Crippen molar-refractivity contribution in [3.63, 3.8) is 0 Å². The van der Waals surface area contributed by atoms with E-state index in [9.17, 15) is 5.11 Å². The second-order valence-electron chi connectivity index (χ2n) is 8.04. The van der Waals surface area contributed by atoms with Gasteiger partial charge in [0.1, 0.15) is 19.0 Å². The van der Waals surface area contributed by atoms with E-state index in [0.717, 1.165) is 37.4 Å². The van der Waals surface area contributed by atoms with Crippen molar-refractivity contribution in [1.82, 2.24) is 19.8 Å². The van der Waals surface area contributed by atoms with Crippen LogP contribution < -0.4 is 9.47 Å². The molecular weight excluding hydrogens is 380 g/mol. The number of aromatic nitrogens is 2. The molecule has 1 atom stereocenters. The average molecular weight is 415 g/mol. The number of aliphatic hydroxyl groups excluding tert-OH is 1. The molecule has 7 nitrogen and oxygen atoms in total. The predicted molar refractivity (Wildman–Crippen MR) is 117 cm³/mol. The van der Waals surface area contributed by atoms with E-state index in [0.29, 0.717) is 18.0 Å². The highest BCUT2D eigenvalue weighted by atomic mass is 16.5. The first-order valence-electron chi connectivity index (χ1n) is 10.8. The number of rotatable bonds is 10. The Morgan fingerprint density at radius 1 is 1.10 bits per heavy atom. The zero-order valence-corrected chi connectivity index (χ0v) is 18.2. The van der Waals surface area contributed by atoms with Crippen LogP contribution in [0.5, 0.6) is 11.5 Å². The maximum Gasteiger partial charge on any atom is 0.161 e. The van der Waals surface area contributed by atoms with Gasteiger partial charge in [-0.05, 0) is 56.7 Å². The van der Waals surface area contributed by atoms with E-state index in [1.54, 1.807) is 19.6 Å². The van der Waals surface area contributed by atoms with E-state index in [4.69, 9.17) is 9.47 Å². The van der Waals surface area contributed by atoms with Crippen LogP contribution in [0.25, 0.3) is 0 Å². The highest BCUT2D eigenvalue weighted by Crippen LogP contribution is 2.29. The molecule has 2 heterocycles. The minimum atomic E-state index is -0.508. The smallest absolute Gasteiger partial charge is 0.161 e. The normalized spacial score (nSPS) is 16.3. The first-order chi connectivity index (χ1) is 14.6. The van der Waals surface area contributed by atoms with Gasteiger partial charge in [-0.2, -0.15) is 0 Å². The molecule has 1 fully saturated rings. The largest absolute Gasteiger partial charge is 0.493 e. The number of benzene rings is 1. The van der Waals surface area contributed by atoms with Crippen molar-refractivity contribution in [2.24, 2.45) is 0 Å². The third-order valence-corrected chi connectivity index (χ3v) is 5.35. The third kappa shape index (κ3) is 7.23. The Morgan fingerprint density at radius 3 is 2.60 bits per heavy atom. The lowest BCUT2D eigenvalue weighted by molar-refractivity contribution is 0.0683. The summed E-state index contributed by atoms with van der Waals surface area (Å²) in [6.07, 6.45) is 7.84. The number of aliphatic hydroxyl groups is 1. The van der Waals surface area contributed by atoms with Crippen molar-refractivity contribution in [3.8, 4) is 11.5 Å². The maximum atomic E-state index is 10.4. The maximum absolute atomic E-state index is 10.4. The summed E-state index contributed by atoms with van der Waals surface area (Å²) in [4.78, 5) is 12.8. The summed E-state index contributed by atoms with van der Waals surface area (Å²) in [7, 11) is 3.70. The van der Waals surface area contributed by atoms with Crippen LogP contribution in [0, 0.1) is 0 Å². The Hall–Kier alpha value is -2.22. The first kappa shape index (κ1) is 22.5. The molecule has 0 bridgehead atoms. The summed E-state index contributed by atoms with van der Waals surface area (Å²) in [6, 6.07) is 7.87. The third-order valence-electron chi connectivity index (χ3n) is 5.35. The minimum Gasteiger partial charge on any atom is -0.493 e. The topological polar surface area (TPSA) is 71.0 Å². The molecule has 1 aromatic heterocycles. The summed E-state index contributed by atoms with van der Waals surface area (Å²) >= 11 is 0. The zero-order valence-electron chi connectivity index (χ0n) is 18.2. The molecule has 0 aliphatic carbocycles. The SMILES string of the molecule is COc1cc(CN(C)Cc2ccncn2)ccc1OC[C@@H](O)CN1CCCCCC1. The summed E-state index contributed by atoms with van der Waals surface area (Å²) in [5.41, 5.74) is 2.11. The lowest BCUT2D eigenvalue weighted by atomic mass is 10.2. The van der Waals surface area contributed by atoms with Crippen molar-refractivity contribution in [1.29, 1.82) is 0 Å². The van der Waals surface area contributed by atoms with Crippen molar-refractivity contribution in [2.75, 3.05) is 40.4 Å². The molecule has 3 rings (SSSR count). The van der Waals surface area contributed by atoms with Gasteiger partial charge in [0.2, 0.25) is 0 Å². The fourth-order valence-electron chi connectivity index (χ4n) is 3.84. The van der Waals surface area contributed by atoms with Gasteiger partial charge in [-0.3, -0.25) is 4.90 Å². The van der Waals surface area contributed by atoms with Gasteiger partial charge in [-0.1, -0.05) is 18.9 Å². The number of β-amino-alcohol motifs (C(OH)–C–C–N with tert-alkyl or cyclic N) is 1. The van der Waals surface area contributed by atoms with Crippen molar-refractivity contribution >= 4 is 0 Å². The molecule has 0 spiro atoms. The van der Waals surface area contributed by atoms with E-state index in [2.05, 4.69) is 26.8 Å². The minimum absolute atomic E-state index is 0.264. The van der Waals surface area contributed by atoms with Gasteiger partial charge in [0, 0.05) is 25.8 Å². The van der Waals surface area contributed by atoms with Crippen LogP contribution in [0.15, 0.2) is 36.8 Å². The van der Waals surface area contributed by atoms with E-state index in [-0.39, 0.29) is 6.61 Å². The molecule has 0 radical (unpaired) electrons. The molecule has 1 aliphatic rings. The van der Waals surface area contributed by atoms with Gasteiger partial charge in [-0.25, -0.2) is 9.97 Å². The summed E-state index contributed by atoms with van der Waals surface area (Å²) in [6.45, 7) is 4.56. The zero-order chi connectivity index (χ0) is 21.2. The van der Waals surface area contributed by atoms with E-state index >= 15 is 0 Å². The fourth-order valence-corrected chi connectivity index (χ4v) is 3.84. The molecule has 1 aromatic carbocycles. The molecule has 2 aromatic rings. The first-order valence-corrected chi connectivity index (χ1v) is 10.8. The summed E-state index contributed by atoms with van der Waals surface area (Å²) < 4.78 is 11.4. The monoisotopic (exact) mass is 414 g/mol. The number of methoxy groups -OCH3 is 1. The van der Waals surface area contributed by atoms with Crippen molar-refractivity contribution < 1.29 is 14.6 Å². The standard InChI is InChI=1S/C23H34N4O3/c1-26(15-20-9-10-24-18-25-20)14-19-7-8-22(23(13-19)29-2)30-17-21(28)16-27-11-5-3-4-6-12-27/h7-10,13,18,21,28H,3-6,11-12,14-17H2,1-2H3/t21-/m0/s1. The fraction of sp³-hybridized carbons (Fsp3) is 0.565. The van der Waals surface area contributed by atoms with Crippen LogP contribution in [0.2, 0.25) is 0 Å². The number of hydrogen-bond donors (Lipinski definition) is 1. The van der Waals surface area contributed by atoms with Crippen LogP contribution in [-0.2, 0) is 13.1 Å². The Labute approximate surface area is 179 Å². The Kier molecular flexibility index (Phi) is 8.86. The Balaban J connectivity index is 1.50. The Bertz CT molecular complexity index is 751. The molecule has 1 aliphatic heterocycles. The lowest BCUT2D eigenvalue weighted by Crippen LogP contribution is -2.36. The predicted octanol–water partition coefficient (Wildman–Crippen LogP) is 2.73. The van der Waals surface area contributed by atoms with Crippen LogP contribution in [0.3, 0.4) is 0 Å². The Morgan fingerprint density at radius 2 is 1.90 bits per heavy atom. The van der Waals surface area contributed by atoms with Crippen LogP contribution >= 0.6 is 0 Å². The van der Waals surface area contributed by atoms with E-state index < -0.39 is 6.10 Å². The molecule has 164 valence electrons. The van der Waals surface area contributed by atoms with Crippen molar-refractivity contribution in [3.05, 3.63) is 48.0 Å². The van der Waals surface area contributed by atoms with Gasteiger partial charge in [0.25, 0.3) is 0 Å². The number of ether oxygens (including phenoxy) is 2. The molecule has 1 N–H and O–H groups in total. The number of likely N-dealkylation sites (tertiary alicyclic amines) is 1. The van der Waals surface area contributed by atoms with Crippen LogP contribution in [0.4, 0.5) is 0 Å². The van der Waals surface area contributed by atoms with Gasteiger partial charge < -0.3 is 19.5 Å². The van der Waals surface area contributed by atoms with Crippen LogP contribution in [-0.4, -0.2) is 71.4 Å². The molecule has 0 amide bonds. The second-order valence-corrected chi connectivity index (χ2v) is 8.04. The highest BCUT2D eigenvalue weighted by Gasteiger charge is 2.15. The molecule has 0 unspecified atom stereocenters. The number of nitrogens with zero attached hydrogens (tertiary/aromatic N) is 4. The second kappa shape index (κ2) is 11.8. The van der Waals surface area contributed by atoms with Gasteiger partial charge >= 0.3 is 0 Å². The summed E-state index contributed by atoms with van der Waals surface area (Å²) in [5, 5.41) is 10.4. The van der Waals surface area contributed by atoms with Gasteiger partial charge in [0.15, 0.2) is 11.5 Å². The number of hydrogen-bond acceptors (Lipinski definition) is 7. The van der Waals surface area contributed by atoms with Crippen LogP contribution in [0.1, 0.15) is 36.9 Å². The van der Waals surface area contributed by atoms with E-state index in [1.165, 1.54) is 25.7 Å². The molecule has 0 saturated carbocycles. The molecule has 7 heteroatoms. The van der Waals surface area contributed by atoms with E-state index in [1.807, 2.05) is 24.3 Å². The molecule has 30 heavy (non-hydrogen) atoms. The molecule has 1 saturated heterocycles.